The molecule has 0 bridgehead atoms. The maximum Gasteiger partial charge on any atom is 0.307 e. The van der Waals surface area contributed by atoms with Crippen LogP contribution in [0.1, 0.15) is 201 Å². The van der Waals surface area contributed by atoms with Gasteiger partial charge in [0.2, 0.25) is 5.91 Å². The highest BCUT2D eigenvalue weighted by Crippen LogP contribution is 2.12. The molecule has 1 amide bonds. The molecular weight excluding hydrogens is 556 g/mol. The quantitative estimate of drug-likeness (QED) is 0.0316. The second-order valence-electron chi connectivity index (χ2n) is 13.1. The van der Waals surface area contributed by atoms with E-state index in [2.05, 4.69) is 48.8 Å². The molecule has 1 atom stereocenters. The van der Waals surface area contributed by atoms with Crippen molar-refractivity contribution in [3.63, 3.8) is 0 Å². The molecule has 0 aliphatic heterocycles. The second kappa shape index (κ2) is 36.8. The van der Waals surface area contributed by atoms with E-state index >= 15 is 0 Å². The first-order valence-electron chi connectivity index (χ1n) is 19.6. The molecule has 2 N–H and O–H groups in total. The van der Waals surface area contributed by atoms with Crippen LogP contribution in [0.2, 0.25) is 0 Å². The van der Waals surface area contributed by atoms with Crippen molar-refractivity contribution in [3.8, 4) is 0 Å². The van der Waals surface area contributed by atoms with Crippen LogP contribution in [0.5, 0.6) is 0 Å². The summed E-state index contributed by atoms with van der Waals surface area (Å²) in [6.07, 6.45) is 42.9. The van der Waals surface area contributed by atoms with E-state index in [0.717, 1.165) is 25.7 Å². The Labute approximate surface area is 280 Å². The number of carbonyl (C=O) groups excluding carboxylic acids is 2. The zero-order chi connectivity index (χ0) is 32.9. The molecule has 0 aliphatic carbocycles. The van der Waals surface area contributed by atoms with Crippen LogP contribution >= 0.6 is 0 Å². The summed E-state index contributed by atoms with van der Waals surface area (Å²) in [6.45, 7) is 7.54. The highest BCUT2D eigenvalue weighted by Gasteiger charge is 2.09. The van der Waals surface area contributed by atoms with E-state index in [1.165, 1.54) is 141 Å². The largest absolute Gasteiger partial charge is 0.447 e. The predicted molar refractivity (Wildman–Crippen MR) is 195 cm³/mol. The van der Waals surface area contributed by atoms with Crippen LogP contribution in [0, 0.1) is 0 Å². The summed E-state index contributed by atoms with van der Waals surface area (Å²) in [7, 11) is 0. The minimum atomic E-state index is -0.331. The molecule has 5 nitrogen and oxygen atoms in total. The number of nitrogens with one attached hydrogen (secondary N) is 2. The third-order valence-electron chi connectivity index (χ3n) is 8.50. The summed E-state index contributed by atoms with van der Waals surface area (Å²) in [5.41, 5.74) is 0. The van der Waals surface area contributed by atoms with Gasteiger partial charge in [0, 0.05) is 25.9 Å². The van der Waals surface area contributed by atoms with Gasteiger partial charge in [-0.2, -0.15) is 0 Å². The topological polar surface area (TPSA) is 67.4 Å². The van der Waals surface area contributed by atoms with Crippen molar-refractivity contribution in [1.82, 2.24) is 10.6 Å². The number of hydrogen-bond acceptors (Lipinski definition) is 4. The number of hydrogen-bond donors (Lipinski definition) is 2. The van der Waals surface area contributed by atoms with Gasteiger partial charge >= 0.3 is 5.97 Å². The van der Waals surface area contributed by atoms with Gasteiger partial charge in [0.05, 0.1) is 0 Å². The Morgan fingerprint density at radius 2 is 0.889 bits per heavy atom. The van der Waals surface area contributed by atoms with Gasteiger partial charge < -0.3 is 10.1 Å². The molecule has 0 radical (unpaired) electrons. The average molecular weight is 633 g/mol. The summed E-state index contributed by atoms with van der Waals surface area (Å²) >= 11 is 0. The number of amides is 1. The Kier molecular flexibility index (Phi) is 35.5. The van der Waals surface area contributed by atoms with E-state index in [4.69, 9.17) is 4.74 Å². The van der Waals surface area contributed by atoms with Crippen molar-refractivity contribution in [2.24, 2.45) is 0 Å². The summed E-state index contributed by atoms with van der Waals surface area (Å²) in [6, 6.07) is 0. The zero-order valence-corrected chi connectivity index (χ0v) is 30.3. The molecule has 0 saturated heterocycles. The normalized spacial score (nSPS) is 12.3. The zero-order valence-electron chi connectivity index (χ0n) is 30.3. The molecule has 0 aliphatic rings. The average Bonchev–Trinajstić information content (AvgIpc) is 3.03. The molecule has 0 spiro atoms. The van der Waals surface area contributed by atoms with Crippen LogP contribution in [-0.2, 0) is 14.3 Å². The third-order valence-corrected chi connectivity index (χ3v) is 8.50. The molecule has 1 unspecified atom stereocenters. The Morgan fingerprint density at radius 1 is 0.511 bits per heavy atom. The Morgan fingerprint density at radius 3 is 1.33 bits per heavy atom. The molecule has 0 fully saturated rings. The molecule has 0 aromatic heterocycles. The molecule has 264 valence electrons. The first-order chi connectivity index (χ1) is 22.1. The highest BCUT2D eigenvalue weighted by molar-refractivity contribution is 5.75. The van der Waals surface area contributed by atoms with E-state index in [0.29, 0.717) is 25.9 Å². The van der Waals surface area contributed by atoms with Crippen molar-refractivity contribution in [2.45, 2.75) is 207 Å². The van der Waals surface area contributed by atoms with Crippen LogP contribution in [0.25, 0.3) is 0 Å². The summed E-state index contributed by atoms with van der Waals surface area (Å²) in [4.78, 5) is 24.2. The molecule has 0 heterocycles. The maximum absolute atomic E-state index is 12.1. The third kappa shape index (κ3) is 36.7. The van der Waals surface area contributed by atoms with Crippen molar-refractivity contribution < 1.29 is 14.3 Å². The van der Waals surface area contributed by atoms with E-state index in [1.54, 1.807) is 0 Å². The number of allylic oxidation sites excluding steroid dienone is 4. The van der Waals surface area contributed by atoms with E-state index in [-0.39, 0.29) is 18.1 Å². The fourth-order valence-corrected chi connectivity index (χ4v) is 5.56. The molecular formula is C40H76N2O3. The molecule has 45 heavy (non-hydrogen) atoms. The SMILES string of the molecule is CCCCCCCC/C=C\CCCCCCCC(=O)NCCNC(C)OC(=O)CCCCCCC/C=C\CCCCCCCC. The fourth-order valence-electron chi connectivity index (χ4n) is 5.56. The molecule has 5 heteroatoms. The Bertz CT molecular complexity index is 691. The minimum absolute atomic E-state index is 0.114. The summed E-state index contributed by atoms with van der Waals surface area (Å²) in [5.74, 6) is -0.0240. The minimum Gasteiger partial charge on any atom is -0.447 e. The smallest absolute Gasteiger partial charge is 0.307 e. The van der Waals surface area contributed by atoms with Crippen LogP contribution in [-0.4, -0.2) is 31.2 Å². The molecule has 0 aromatic carbocycles. The summed E-state index contributed by atoms with van der Waals surface area (Å²) < 4.78 is 5.46. The Balaban J connectivity index is 3.44. The van der Waals surface area contributed by atoms with Gasteiger partial charge in [-0.1, -0.05) is 141 Å². The number of rotatable bonds is 35. The maximum atomic E-state index is 12.1. The number of unbranched alkanes of at least 4 members (excludes halogenated alkanes) is 22. The van der Waals surface area contributed by atoms with Gasteiger partial charge in [-0.05, 0) is 71.1 Å². The first kappa shape index (κ1) is 43.4. The molecule has 0 rings (SSSR count). The molecule has 0 saturated carbocycles. The van der Waals surface area contributed by atoms with Gasteiger partial charge in [0.15, 0.2) is 6.23 Å². The van der Waals surface area contributed by atoms with Gasteiger partial charge in [0.1, 0.15) is 0 Å². The van der Waals surface area contributed by atoms with Crippen LogP contribution in [0.3, 0.4) is 0 Å². The van der Waals surface area contributed by atoms with Gasteiger partial charge in [0.25, 0.3) is 0 Å². The monoisotopic (exact) mass is 633 g/mol. The van der Waals surface area contributed by atoms with Crippen molar-refractivity contribution in [2.75, 3.05) is 13.1 Å². The fraction of sp³-hybridized carbons (Fsp3) is 0.850. The Hall–Kier alpha value is -1.62. The standard InChI is InChI=1S/C40H76N2O3/c1-4-6-8-10-12-14-16-18-20-22-24-26-28-30-32-34-39(43)42-37-36-41-38(3)45-40(44)35-33-31-29-27-25-23-21-19-17-15-13-11-9-7-5-2/h18-21,38,41H,4-17,22-37H2,1-3H3,(H,42,43)/b20-18-,21-19-. The van der Waals surface area contributed by atoms with Gasteiger partial charge in [-0.25, -0.2) is 0 Å². The first-order valence-corrected chi connectivity index (χ1v) is 19.6. The second-order valence-corrected chi connectivity index (χ2v) is 13.1. The van der Waals surface area contributed by atoms with Crippen molar-refractivity contribution >= 4 is 11.9 Å². The lowest BCUT2D eigenvalue weighted by Crippen LogP contribution is -2.37. The van der Waals surface area contributed by atoms with Crippen LogP contribution in [0.15, 0.2) is 24.3 Å². The number of carbonyl (C=O) groups is 2. The number of esters is 1. The van der Waals surface area contributed by atoms with Crippen LogP contribution < -0.4 is 10.6 Å². The highest BCUT2D eigenvalue weighted by atomic mass is 16.6. The van der Waals surface area contributed by atoms with Crippen molar-refractivity contribution in [1.29, 1.82) is 0 Å². The predicted octanol–water partition coefficient (Wildman–Crippen LogP) is 11.7. The molecule has 0 aromatic rings. The lowest BCUT2D eigenvalue weighted by molar-refractivity contribution is -0.149. The van der Waals surface area contributed by atoms with Gasteiger partial charge in [-0.15, -0.1) is 0 Å². The lowest BCUT2D eigenvalue weighted by atomic mass is 10.1. The lowest BCUT2D eigenvalue weighted by Gasteiger charge is -2.15. The van der Waals surface area contributed by atoms with Crippen LogP contribution in [0.4, 0.5) is 0 Å². The van der Waals surface area contributed by atoms with Gasteiger partial charge in [-0.3, -0.25) is 14.9 Å². The van der Waals surface area contributed by atoms with E-state index in [9.17, 15) is 9.59 Å². The number of ether oxygens (including phenoxy) is 1. The summed E-state index contributed by atoms with van der Waals surface area (Å²) in [5, 5.41) is 6.14. The van der Waals surface area contributed by atoms with E-state index in [1.807, 2.05) is 6.92 Å². The van der Waals surface area contributed by atoms with Crippen molar-refractivity contribution in [3.05, 3.63) is 24.3 Å². The van der Waals surface area contributed by atoms with E-state index < -0.39 is 0 Å².